The van der Waals surface area contributed by atoms with Gasteiger partial charge in [-0.05, 0) is 55.8 Å². The fourth-order valence-corrected chi connectivity index (χ4v) is 3.73. The molecule has 1 aliphatic rings. The van der Waals surface area contributed by atoms with E-state index < -0.39 is 0 Å². The van der Waals surface area contributed by atoms with Crippen LogP contribution in [0.15, 0.2) is 34.2 Å². The van der Waals surface area contributed by atoms with E-state index in [0.29, 0.717) is 29.6 Å². The van der Waals surface area contributed by atoms with E-state index in [1.807, 2.05) is 20.8 Å². The van der Waals surface area contributed by atoms with Crippen LogP contribution in [0, 0.1) is 0 Å². The Morgan fingerprint density at radius 3 is 2.58 bits per heavy atom. The normalized spacial score (nSPS) is 16.9. The molecule has 1 aromatic carbocycles. The van der Waals surface area contributed by atoms with Crippen molar-refractivity contribution in [3.63, 3.8) is 0 Å². The molecule has 1 aromatic rings. The lowest BCUT2D eigenvalue weighted by Gasteiger charge is -2.19. The smallest absolute Gasteiger partial charge is 0.293 e. The molecule has 2 rings (SSSR count). The maximum atomic E-state index is 12.6. The number of halogens is 1. The van der Waals surface area contributed by atoms with Crippen molar-refractivity contribution in [3.05, 3.63) is 39.7 Å². The molecule has 1 atom stereocenters. The number of hydrogen-bond donors (Lipinski definition) is 0. The number of ether oxygens (including phenoxy) is 2. The average molecular weight is 440 g/mol. The maximum absolute atomic E-state index is 12.6. The second-order valence-electron chi connectivity index (χ2n) is 5.66. The number of thioether (sulfide) groups is 1. The van der Waals surface area contributed by atoms with Gasteiger partial charge in [-0.15, -0.1) is 0 Å². The number of amides is 2. The summed E-state index contributed by atoms with van der Waals surface area (Å²) in [5.74, 6) is 0.902. The Balaban J connectivity index is 2.38. The van der Waals surface area contributed by atoms with Crippen molar-refractivity contribution < 1.29 is 19.1 Å². The van der Waals surface area contributed by atoms with Crippen LogP contribution < -0.4 is 9.47 Å². The highest BCUT2D eigenvalue weighted by atomic mass is 79.9. The molecular weight excluding hydrogens is 418 g/mol. The SMILES string of the molecule is C=CCOc1cc(Br)c(/C=C2/SC(=O)N([C@@H](C)CC)C2=O)cc1OCC. The van der Waals surface area contributed by atoms with Crippen LogP contribution in [-0.4, -0.2) is 35.3 Å². The lowest BCUT2D eigenvalue weighted by molar-refractivity contribution is -0.124. The van der Waals surface area contributed by atoms with Crippen molar-refractivity contribution in [2.45, 2.75) is 33.2 Å². The van der Waals surface area contributed by atoms with Crippen molar-refractivity contribution in [2.75, 3.05) is 13.2 Å². The molecule has 26 heavy (non-hydrogen) atoms. The highest BCUT2D eigenvalue weighted by Crippen LogP contribution is 2.38. The van der Waals surface area contributed by atoms with Gasteiger partial charge >= 0.3 is 0 Å². The molecule has 0 N–H and O–H groups in total. The predicted octanol–water partition coefficient (Wildman–Crippen LogP) is 5.25. The summed E-state index contributed by atoms with van der Waals surface area (Å²) in [5.41, 5.74) is 0.744. The summed E-state index contributed by atoms with van der Waals surface area (Å²) in [5, 5.41) is -0.234. The van der Waals surface area contributed by atoms with Gasteiger partial charge in [0.25, 0.3) is 11.1 Å². The van der Waals surface area contributed by atoms with E-state index in [1.54, 1.807) is 24.3 Å². The minimum atomic E-state index is -0.258. The summed E-state index contributed by atoms with van der Waals surface area (Å²) in [7, 11) is 0. The van der Waals surface area contributed by atoms with Crippen molar-refractivity contribution in [1.82, 2.24) is 4.90 Å². The van der Waals surface area contributed by atoms with Crippen LogP contribution in [0.2, 0.25) is 0 Å². The Labute approximate surface area is 166 Å². The van der Waals surface area contributed by atoms with E-state index in [-0.39, 0.29) is 17.2 Å². The lowest BCUT2D eigenvalue weighted by atomic mass is 10.1. The van der Waals surface area contributed by atoms with Gasteiger partial charge in [0.1, 0.15) is 6.61 Å². The first kappa shape index (κ1) is 20.6. The van der Waals surface area contributed by atoms with E-state index in [1.165, 1.54) is 4.90 Å². The minimum absolute atomic E-state index is 0.120. The molecule has 0 saturated carbocycles. The second-order valence-corrected chi connectivity index (χ2v) is 7.51. The third-order valence-electron chi connectivity index (χ3n) is 3.86. The Kier molecular flexibility index (Phi) is 7.34. The second kappa shape index (κ2) is 9.28. The highest BCUT2D eigenvalue weighted by molar-refractivity contribution is 9.10. The van der Waals surface area contributed by atoms with Crippen LogP contribution in [-0.2, 0) is 4.79 Å². The summed E-state index contributed by atoms with van der Waals surface area (Å²) in [6, 6.07) is 3.47. The van der Waals surface area contributed by atoms with Crippen LogP contribution in [0.4, 0.5) is 4.79 Å². The van der Waals surface area contributed by atoms with E-state index in [2.05, 4.69) is 22.5 Å². The number of imide groups is 1. The van der Waals surface area contributed by atoms with Crippen molar-refractivity contribution in [1.29, 1.82) is 0 Å². The summed E-state index contributed by atoms with van der Waals surface area (Å²) < 4.78 is 12.0. The number of nitrogens with zero attached hydrogens (tertiary/aromatic N) is 1. The first-order valence-corrected chi connectivity index (χ1v) is 10.0. The molecule has 0 unspecified atom stereocenters. The third kappa shape index (κ3) is 4.51. The third-order valence-corrected chi connectivity index (χ3v) is 5.43. The van der Waals surface area contributed by atoms with E-state index >= 15 is 0 Å². The Morgan fingerprint density at radius 1 is 1.27 bits per heavy atom. The van der Waals surface area contributed by atoms with E-state index in [0.717, 1.165) is 28.2 Å². The average Bonchev–Trinajstić information content (AvgIpc) is 2.89. The largest absolute Gasteiger partial charge is 0.490 e. The van der Waals surface area contributed by atoms with E-state index in [4.69, 9.17) is 9.47 Å². The number of carbonyl (C=O) groups is 2. The highest BCUT2D eigenvalue weighted by Gasteiger charge is 2.37. The molecular formula is C19H22BrNO4S. The van der Waals surface area contributed by atoms with Crippen LogP contribution in [0.1, 0.15) is 32.8 Å². The monoisotopic (exact) mass is 439 g/mol. The summed E-state index contributed by atoms with van der Waals surface area (Å²) in [6.07, 6.45) is 4.08. The van der Waals surface area contributed by atoms with Gasteiger partial charge in [-0.3, -0.25) is 14.5 Å². The Morgan fingerprint density at radius 2 is 1.96 bits per heavy atom. The van der Waals surface area contributed by atoms with Gasteiger partial charge < -0.3 is 9.47 Å². The molecule has 0 aliphatic carbocycles. The van der Waals surface area contributed by atoms with Gasteiger partial charge in [0.05, 0.1) is 11.5 Å². The lowest BCUT2D eigenvalue weighted by Crippen LogP contribution is -2.36. The molecule has 140 valence electrons. The zero-order valence-electron chi connectivity index (χ0n) is 15.1. The molecule has 1 heterocycles. The molecule has 0 aromatic heterocycles. The predicted molar refractivity (Wildman–Crippen MR) is 109 cm³/mol. The van der Waals surface area contributed by atoms with Gasteiger partial charge in [0, 0.05) is 10.5 Å². The number of carbonyl (C=O) groups excluding carboxylic acids is 2. The summed E-state index contributed by atoms with van der Waals surface area (Å²) in [6.45, 7) is 10.2. The Bertz CT molecular complexity index is 747. The topological polar surface area (TPSA) is 55.8 Å². The summed E-state index contributed by atoms with van der Waals surface area (Å²) in [4.78, 5) is 26.5. The van der Waals surface area contributed by atoms with Crippen LogP contribution in [0.25, 0.3) is 6.08 Å². The maximum Gasteiger partial charge on any atom is 0.293 e. The molecule has 0 bridgehead atoms. The molecule has 1 fully saturated rings. The van der Waals surface area contributed by atoms with Gasteiger partial charge in [-0.1, -0.05) is 35.5 Å². The zero-order chi connectivity index (χ0) is 19.3. The number of benzene rings is 1. The fourth-order valence-electron chi connectivity index (χ4n) is 2.37. The molecule has 1 saturated heterocycles. The number of rotatable bonds is 8. The van der Waals surface area contributed by atoms with E-state index in [9.17, 15) is 9.59 Å². The van der Waals surface area contributed by atoms with Crippen molar-refractivity contribution >= 4 is 44.9 Å². The summed E-state index contributed by atoms with van der Waals surface area (Å²) >= 11 is 4.46. The molecule has 0 spiro atoms. The van der Waals surface area contributed by atoms with Gasteiger partial charge in [0.2, 0.25) is 0 Å². The standard InChI is InChI=1S/C19H22BrNO4S/c1-5-8-25-16-11-14(20)13(9-15(16)24-7-3)10-17-18(22)21(12(4)6-2)19(23)26-17/h5,9-12H,1,6-8H2,2-4H3/b17-10+/t12-/m0/s1. The molecule has 2 amide bonds. The van der Waals surface area contributed by atoms with Crippen LogP contribution in [0.5, 0.6) is 11.5 Å². The van der Waals surface area contributed by atoms with Gasteiger partial charge in [-0.25, -0.2) is 0 Å². The molecule has 1 aliphatic heterocycles. The van der Waals surface area contributed by atoms with Crippen LogP contribution in [0.3, 0.4) is 0 Å². The van der Waals surface area contributed by atoms with Gasteiger partial charge in [-0.2, -0.15) is 0 Å². The first-order valence-electron chi connectivity index (χ1n) is 8.39. The first-order chi connectivity index (χ1) is 12.4. The van der Waals surface area contributed by atoms with Crippen molar-refractivity contribution in [3.8, 4) is 11.5 Å². The Hall–Kier alpha value is -1.73. The van der Waals surface area contributed by atoms with Crippen LogP contribution >= 0.6 is 27.7 Å². The molecule has 7 heteroatoms. The number of hydrogen-bond acceptors (Lipinski definition) is 5. The molecule has 0 radical (unpaired) electrons. The quantitative estimate of drug-likeness (QED) is 0.408. The zero-order valence-corrected chi connectivity index (χ0v) is 17.5. The fraction of sp³-hybridized carbons (Fsp3) is 0.368. The van der Waals surface area contributed by atoms with Crippen molar-refractivity contribution in [2.24, 2.45) is 0 Å². The minimum Gasteiger partial charge on any atom is -0.490 e. The molecule has 5 nitrogen and oxygen atoms in total. The van der Waals surface area contributed by atoms with Gasteiger partial charge in [0.15, 0.2) is 11.5 Å².